The van der Waals surface area contributed by atoms with Gasteiger partial charge in [-0.25, -0.2) is 0 Å². The zero-order chi connectivity index (χ0) is 16.0. The van der Waals surface area contributed by atoms with Gasteiger partial charge in [0.2, 0.25) is 0 Å². The minimum atomic E-state index is -0.937. The summed E-state index contributed by atoms with van der Waals surface area (Å²) in [4.78, 5) is 22.8. The number of likely N-dealkylation sites (N-methyl/N-ethyl adjacent to an activating group) is 1. The highest BCUT2D eigenvalue weighted by molar-refractivity contribution is 5.72. The zero-order valence-electron chi connectivity index (χ0n) is 12.1. The number of ether oxygens (including phenoxy) is 2. The number of nitro benzene ring substituents is 1. The molecule has 0 saturated heterocycles. The highest BCUT2D eigenvalue weighted by Crippen LogP contribution is 2.30. The Bertz CT molecular complexity index is 519. The molecule has 1 unspecified atom stereocenters. The number of hydrogen-bond acceptors (Lipinski definition) is 6. The molecule has 116 valence electrons. The molecular weight excluding hydrogens is 280 g/mol. The lowest BCUT2D eigenvalue weighted by atomic mass is 10.3. The van der Waals surface area contributed by atoms with Gasteiger partial charge < -0.3 is 14.6 Å². The number of aliphatic carboxylic acids is 1. The van der Waals surface area contributed by atoms with Gasteiger partial charge >= 0.3 is 11.7 Å². The number of hydrogen-bond donors (Lipinski definition) is 1. The van der Waals surface area contributed by atoms with Crippen LogP contribution < -0.4 is 9.47 Å². The number of nitrogens with zero attached hydrogens (tertiary/aromatic N) is 2. The Morgan fingerprint density at radius 2 is 2.19 bits per heavy atom. The first-order valence-corrected chi connectivity index (χ1v) is 6.25. The molecule has 1 N–H and O–H groups in total. The van der Waals surface area contributed by atoms with E-state index in [9.17, 15) is 14.9 Å². The van der Waals surface area contributed by atoms with Crippen LogP contribution in [0.15, 0.2) is 18.2 Å². The van der Waals surface area contributed by atoms with E-state index >= 15 is 0 Å². The van der Waals surface area contributed by atoms with Gasteiger partial charge in [-0.1, -0.05) is 0 Å². The summed E-state index contributed by atoms with van der Waals surface area (Å²) in [6.07, 6.45) is 0. The van der Waals surface area contributed by atoms with Crippen molar-refractivity contribution >= 4 is 11.7 Å². The fraction of sp³-hybridized carbons (Fsp3) is 0.462. The van der Waals surface area contributed by atoms with E-state index in [1.54, 1.807) is 24.9 Å². The third kappa shape index (κ3) is 4.60. The number of carboxylic acid groups (broad SMARTS) is 1. The maximum absolute atomic E-state index is 11.0. The minimum absolute atomic E-state index is 0.122. The maximum Gasteiger partial charge on any atom is 0.320 e. The van der Waals surface area contributed by atoms with E-state index in [0.717, 1.165) is 0 Å². The predicted molar refractivity (Wildman–Crippen MR) is 74.9 cm³/mol. The van der Waals surface area contributed by atoms with Crippen LogP contribution >= 0.6 is 0 Å². The van der Waals surface area contributed by atoms with Crippen molar-refractivity contribution in [2.75, 3.05) is 27.3 Å². The molecule has 1 rings (SSSR count). The molecule has 0 heterocycles. The minimum Gasteiger partial charge on any atom is -0.496 e. The van der Waals surface area contributed by atoms with E-state index in [4.69, 9.17) is 14.6 Å². The van der Waals surface area contributed by atoms with Gasteiger partial charge in [0.15, 0.2) is 5.75 Å². The third-order valence-electron chi connectivity index (χ3n) is 3.08. The molecular formula is C13H18N2O6. The van der Waals surface area contributed by atoms with Crippen LogP contribution in [0.25, 0.3) is 0 Å². The van der Waals surface area contributed by atoms with E-state index in [1.165, 1.54) is 19.2 Å². The van der Waals surface area contributed by atoms with Crippen molar-refractivity contribution in [3.63, 3.8) is 0 Å². The van der Waals surface area contributed by atoms with Crippen molar-refractivity contribution in [2.24, 2.45) is 0 Å². The van der Waals surface area contributed by atoms with E-state index < -0.39 is 16.9 Å². The lowest BCUT2D eigenvalue weighted by molar-refractivity contribution is -0.385. The lowest BCUT2D eigenvalue weighted by Gasteiger charge is -2.20. The SMILES string of the molecule is COc1ccc(OCCN(C)C(C)C(=O)O)c([N+](=O)[O-])c1. The molecule has 0 bridgehead atoms. The largest absolute Gasteiger partial charge is 0.496 e. The van der Waals surface area contributed by atoms with Crippen LogP contribution in [0.5, 0.6) is 11.5 Å². The fourth-order valence-electron chi connectivity index (χ4n) is 1.57. The van der Waals surface area contributed by atoms with Crippen LogP contribution in [0, 0.1) is 10.1 Å². The summed E-state index contributed by atoms with van der Waals surface area (Å²) in [7, 11) is 3.06. The maximum atomic E-state index is 11.0. The average molecular weight is 298 g/mol. The molecule has 0 aliphatic rings. The molecule has 0 radical (unpaired) electrons. The molecule has 1 aromatic carbocycles. The van der Waals surface area contributed by atoms with Crippen molar-refractivity contribution in [2.45, 2.75) is 13.0 Å². The topological polar surface area (TPSA) is 102 Å². The normalized spacial score (nSPS) is 12.0. The van der Waals surface area contributed by atoms with Gasteiger partial charge in [0.05, 0.1) is 18.1 Å². The third-order valence-corrected chi connectivity index (χ3v) is 3.08. The van der Waals surface area contributed by atoms with Crippen LogP contribution in [-0.2, 0) is 4.79 Å². The Kier molecular flexibility index (Phi) is 5.92. The van der Waals surface area contributed by atoms with Gasteiger partial charge in [-0.05, 0) is 26.1 Å². The Labute approximate surface area is 122 Å². The first-order chi connectivity index (χ1) is 9.86. The highest BCUT2D eigenvalue weighted by Gasteiger charge is 2.19. The standard InChI is InChI=1S/C13H18N2O6/c1-9(13(16)17)14(2)6-7-21-12-5-4-10(20-3)8-11(12)15(18)19/h4-5,8-9H,6-7H2,1-3H3,(H,16,17). The van der Waals surface area contributed by atoms with Crippen molar-refractivity contribution < 1.29 is 24.3 Å². The van der Waals surface area contributed by atoms with E-state index in [2.05, 4.69) is 0 Å². The van der Waals surface area contributed by atoms with Crippen LogP contribution in [0.4, 0.5) is 5.69 Å². The predicted octanol–water partition coefficient (Wildman–Crippen LogP) is 1.39. The van der Waals surface area contributed by atoms with Gasteiger partial charge in [0, 0.05) is 6.54 Å². The monoisotopic (exact) mass is 298 g/mol. The molecule has 0 amide bonds. The second-order valence-electron chi connectivity index (χ2n) is 4.43. The fourth-order valence-corrected chi connectivity index (χ4v) is 1.57. The van der Waals surface area contributed by atoms with Crippen molar-refractivity contribution in [3.05, 3.63) is 28.3 Å². The Balaban J connectivity index is 2.67. The molecule has 1 atom stereocenters. The molecule has 0 saturated carbocycles. The summed E-state index contributed by atoms with van der Waals surface area (Å²) in [5.41, 5.74) is -0.191. The number of rotatable bonds is 8. The van der Waals surface area contributed by atoms with Crippen LogP contribution in [0.2, 0.25) is 0 Å². The molecule has 8 nitrogen and oxygen atoms in total. The van der Waals surface area contributed by atoms with Gasteiger partial charge in [-0.15, -0.1) is 0 Å². The summed E-state index contributed by atoms with van der Waals surface area (Å²) < 4.78 is 10.3. The molecule has 21 heavy (non-hydrogen) atoms. The first kappa shape index (κ1) is 16.7. The molecule has 0 spiro atoms. The second kappa shape index (κ2) is 7.44. The first-order valence-electron chi connectivity index (χ1n) is 6.25. The molecule has 0 aromatic heterocycles. The lowest BCUT2D eigenvalue weighted by Crippen LogP contribution is -2.38. The van der Waals surface area contributed by atoms with Crippen molar-refractivity contribution in [1.29, 1.82) is 0 Å². The number of carboxylic acids is 1. The van der Waals surface area contributed by atoms with Crippen molar-refractivity contribution in [1.82, 2.24) is 4.90 Å². The summed E-state index contributed by atoms with van der Waals surface area (Å²) in [5.74, 6) is -0.448. The van der Waals surface area contributed by atoms with Crippen LogP contribution in [0.1, 0.15) is 6.92 Å². The Hall–Kier alpha value is -2.35. The van der Waals surface area contributed by atoms with Crippen LogP contribution in [0.3, 0.4) is 0 Å². The van der Waals surface area contributed by atoms with Gasteiger partial charge in [0.1, 0.15) is 18.4 Å². The number of benzene rings is 1. The molecule has 8 heteroatoms. The summed E-state index contributed by atoms with van der Waals surface area (Å²) >= 11 is 0. The van der Waals surface area contributed by atoms with E-state index in [1.807, 2.05) is 0 Å². The number of carbonyl (C=O) groups is 1. The van der Waals surface area contributed by atoms with Gasteiger partial charge in [-0.2, -0.15) is 0 Å². The molecule has 0 aliphatic carbocycles. The summed E-state index contributed by atoms with van der Waals surface area (Å²) in [5, 5.41) is 19.8. The Morgan fingerprint density at radius 1 is 1.52 bits per heavy atom. The molecule has 0 fully saturated rings. The van der Waals surface area contributed by atoms with Gasteiger partial charge in [0.25, 0.3) is 0 Å². The Morgan fingerprint density at radius 3 is 2.71 bits per heavy atom. The summed E-state index contributed by atoms with van der Waals surface area (Å²) in [6.45, 7) is 2.02. The highest BCUT2D eigenvalue weighted by atomic mass is 16.6. The quantitative estimate of drug-likeness (QED) is 0.571. The van der Waals surface area contributed by atoms with Crippen LogP contribution in [-0.4, -0.2) is 54.3 Å². The number of methoxy groups -OCH3 is 1. The summed E-state index contributed by atoms with van der Waals surface area (Å²) in [6, 6.07) is 3.64. The molecule has 0 aliphatic heterocycles. The smallest absolute Gasteiger partial charge is 0.320 e. The van der Waals surface area contributed by atoms with Crippen molar-refractivity contribution in [3.8, 4) is 11.5 Å². The second-order valence-corrected chi connectivity index (χ2v) is 4.43. The molecule has 1 aromatic rings. The van der Waals surface area contributed by atoms with Gasteiger partial charge in [-0.3, -0.25) is 19.8 Å². The number of nitro groups is 1. The average Bonchev–Trinajstić information content (AvgIpc) is 2.46. The van der Waals surface area contributed by atoms with E-state index in [-0.39, 0.29) is 18.0 Å². The zero-order valence-corrected chi connectivity index (χ0v) is 12.1. The van der Waals surface area contributed by atoms with E-state index in [0.29, 0.717) is 12.3 Å².